The van der Waals surface area contributed by atoms with Crippen molar-refractivity contribution >= 4 is 28.6 Å². The molecule has 4 rings (SSSR count). The predicted molar refractivity (Wildman–Crippen MR) is 104 cm³/mol. The maximum atomic E-state index is 12.7. The number of ether oxygens (including phenoxy) is 1. The first-order chi connectivity index (χ1) is 12.7. The number of nitrogens with one attached hydrogen (secondary N) is 1. The molecule has 0 bridgehead atoms. The summed E-state index contributed by atoms with van der Waals surface area (Å²) in [5.74, 6) is 0. The highest BCUT2D eigenvalue weighted by molar-refractivity contribution is 6.31. The summed E-state index contributed by atoms with van der Waals surface area (Å²) in [4.78, 5) is 18.0. The van der Waals surface area contributed by atoms with Crippen molar-refractivity contribution in [3.63, 3.8) is 0 Å². The van der Waals surface area contributed by atoms with Gasteiger partial charge in [-0.15, -0.1) is 0 Å². The lowest BCUT2D eigenvalue weighted by atomic mass is 9.93. The number of carbonyl (C=O) groups excluding carboxylic acids is 1. The normalized spacial score (nSPS) is 16.5. The number of H-pyrrole nitrogens is 1. The van der Waals surface area contributed by atoms with E-state index in [9.17, 15) is 4.79 Å². The smallest absolute Gasteiger partial charge is 0.410 e. The Morgan fingerprint density at radius 3 is 2.85 bits per heavy atom. The molecule has 4 nitrogen and oxygen atoms in total. The quantitative estimate of drug-likeness (QED) is 0.680. The van der Waals surface area contributed by atoms with Gasteiger partial charge in [0.2, 0.25) is 0 Å². The van der Waals surface area contributed by atoms with E-state index in [0.29, 0.717) is 13.2 Å². The number of hydrogen-bond acceptors (Lipinski definition) is 2. The van der Waals surface area contributed by atoms with E-state index in [1.165, 1.54) is 5.56 Å². The zero-order chi connectivity index (χ0) is 18.1. The summed E-state index contributed by atoms with van der Waals surface area (Å²) < 4.78 is 5.44. The molecule has 2 aromatic carbocycles. The number of aromatic nitrogens is 1. The lowest BCUT2D eigenvalue weighted by molar-refractivity contribution is 0.0889. The number of nitrogens with zero attached hydrogens (tertiary/aromatic N) is 1. The third kappa shape index (κ3) is 2.95. The lowest BCUT2D eigenvalue weighted by Crippen LogP contribution is -2.41. The Kier molecular flexibility index (Phi) is 4.60. The molecule has 1 aliphatic rings. The summed E-state index contributed by atoms with van der Waals surface area (Å²) >= 11 is 6.21. The number of halogens is 1. The molecule has 0 aliphatic carbocycles. The monoisotopic (exact) mass is 368 g/mol. The number of rotatable bonds is 3. The highest BCUT2D eigenvalue weighted by Crippen LogP contribution is 2.39. The van der Waals surface area contributed by atoms with E-state index in [1.54, 1.807) is 0 Å². The first kappa shape index (κ1) is 17.0. The first-order valence-electron chi connectivity index (χ1n) is 8.97. The fraction of sp³-hybridized carbons (Fsp3) is 0.286. The van der Waals surface area contributed by atoms with Crippen molar-refractivity contribution in [1.29, 1.82) is 0 Å². The third-order valence-corrected chi connectivity index (χ3v) is 5.10. The number of carbonyl (C=O) groups is 1. The fourth-order valence-electron chi connectivity index (χ4n) is 3.71. The van der Waals surface area contributed by atoms with Crippen molar-refractivity contribution in [2.75, 3.05) is 13.2 Å². The van der Waals surface area contributed by atoms with Crippen molar-refractivity contribution in [2.24, 2.45) is 0 Å². The van der Waals surface area contributed by atoms with Gasteiger partial charge in [-0.2, -0.15) is 0 Å². The summed E-state index contributed by atoms with van der Waals surface area (Å²) in [7, 11) is 0. The van der Waals surface area contributed by atoms with E-state index in [-0.39, 0.29) is 12.1 Å². The van der Waals surface area contributed by atoms with Gasteiger partial charge in [0.05, 0.1) is 6.61 Å². The number of amides is 1. The van der Waals surface area contributed by atoms with Crippen molar-refractivity contribution < 1.29 is 9.53 Å². The topological polar surface area (TPSA) is 45.3 Å². The Morgan fingerprint density at radius 2 is 2.08 bits per heavy atom. The average Bonchev–Trinajstić information content (AvgIpc) is 3.03. The first-order valence-corrected chi connectivity index (χ1v) is 9.35. The predicted octanol–water partition coefficient (Wildman–Crippen LogP) is 5.32. The average molecular weight is 369 g/mol. The van der Waals surface area contributed by atoms with Crippen LogP contribution in [-0.4, -0.2) is 29.1 Å². The molecule has 0 saturated heterocycles. The van der Waals surface area contributed by atoms with Gasteiger partial charge >= 0.3 is 6.09 Å². The number of hydrogen-bond donors (Lipinski definition) is 1. The second kappa shape index (κ2) is 7.04. The van der Waals surface area contributed by atoms with Gasteiger partial charge < -0.3 is 9.72 Å². The summed E-state index contributed by atoms with van der Waals surface area (Å²) in [5.41, 5.74) is 4.40. The van der Waals surface area contributed by atoms with Gasteiger partial charge in [-0.1, -0.05) is 48.9 Å². The lowest BCUT2D eigenvalue weighted by Gasteiger charge is -2.35. The summed E-state index contributed by atoms with van der Waals surface area (Å²) in [6.07, 6.45) is 1.33. The van der Waals surface area contributed by atoms with Gasteiger partial charge in [0.15, 0.2) is 0 Å². The van der Waals surface area contributed by atoms with Crippen molar-refractivity contribution in [1.82, 2.24) is 9.88 Å². The van der Waals surface area contributed by atoms with Gasteiger partial charge in [-0.3, -0.25) is 4.90 Å². The maximum absolute atomic E-state index is 12.7. The zero-order valence-electron chi connectivity index (χ0n) is 14.7. The van der Waals surface area contributed by atoms with Gasteiger partial charge in [0, 0.05) is 28.2 Å². The largest absolute Gasteiger partial charge is 0.449 e. The van der Waals surface area contributed by atoms with Crippen molar-refractivity contribution in [3.8, 4) is 0 Å². The van der Waals surface area contributed by atoms with Gasteiger partial charge in [-0.05, 0) is 42.2 Å². The Bertz CT molecular complexity index is 936. The molecule has 0 spiro atoms. The van der Waals surface area contributed by atoms with E-state index >= 15 is 0 Å². The molecule has 3 aromatic rings. The molecule has 5 heteroatoms. The number of benzene rings is 2. The molecular weight excluding hydrogens is 348 g/mol. The van der Waals surface area contributed by atoms with Crippen LogP contribution >= 0.6 is 11.6 Å². The van der Waals surface area contributed by atoms with E-state index in [4.69, 9.17) is 16.3 Å². The minimum atomic E-state index is -0.261. The van der Waals surface area contributed by atoms with Crippen LogP contribution < -0.4 is 0 Å². The van der Waals surface area contributed by atoms with Crippen LogP contribution in [0, 0.1) is 0 Å². The molecule has 134 valence electrons. The molecule has 1 amide bonds. The van der Waals surface area contributed by atoms with Gasteiger partial charge in [0.1, 0.15) is 6.04 Å². The summed E-state index contributed by atoms with van der Waals surface area (Å²) in [6.45, 7) is 3.05. The van der Waals surface area contributed by atoms with E-state index in [2.05, 4.69) is 17.1 Å². The number of aromatic amines is 1. The third-order valence-electron chi connectivity index (χ3n) is 4.87. The van der Waals surface area contributed by atoms with Gasteiger partial charge in [-0.25, -0.2) is 4.79 Å². The Hall–Kier alpha value is -2.46. The maximum Gasteiger partial charge on any atom is 0.410 e. The molecule has 1 unspecified atom stereocenters. The fourth-order valence-corrected chi connectivity index (χ4v) is 3.88. The molecule has 0 fully saturated rings. The van der Waals surface area contributed by atoms with E-state index in [1.807, 2.05) is 48.2 Å². The van der Waals surface area contributed by atoms with Crippen LogP contribution in [-0.2, 0) is 11.2 Å². The molecule has 1 aliphatic heterocycles. The van der Waals surface area contributed by atoms with E-state index < -0.39 is 0 Å². The molecule has 1 aromatic heterocycles. The van der Waals surface area contributed by atoms with Crippen LogP contribution in [0.15, 0.2) is 48.5 Å². The van der Waals surface area contributed by atoms with Crippen LogP contribution in [0.3, 0.4) is 0 Å². The Balaban J connectivity index is 1.83. The molecule has 1 atom stereocenters. The highest BCUT2D eigenvalue weighted by Gasteiger charge is 2.35. The van der Waals surface area contributed by atoms with Crippen molar-refractivity contribution in [2.45, 2.75) is 25.8 Å². The van der Waals surface area contributed by atoms with Crippen LogP contribution in [0.4, 0.5) is 4.79 Å². The standard InChI is InChI=1S/C21H21ClN2O2/c1-2-12-26-21(25)24-11-10-16-17-13-15(22)8-9-18(17)23-19(16)20(24)14-6-4-3-5-7-14/h3-9,13,20,23H,2,10-12H2,1H3. The Labute approximate surface area is 157 Å². The van der Waals surface area contributed by atoms with Crippen LogP contribution in [0.1, 0.15) is 36.2 Å². The second-order valence-corrected chi connectivity index (χ2v) is 7.01. The molecule has 0 saturated carbocycles. The second-order valence-electron chi connectivity index (χ2n) is 6.58. The van der Waals surface area contributed by atoms with Crippen LogP contribution in [0.25, 0.3) is 10.9 Å². The highest BCUT2D eigenvalue weighted by atomic mass is 35.5. The Morgan fingerprint density at radius 1 is 1.27 bits per heavy atom. The molecule has 2 heterocycles. The minimum absolute atomic E-state index is 0.185. The van der Waals surface area contributed by atoms with Gasteiger partial charge in [0.25, 0.3) is 0 Å². The summed E-state index contributed by atoms with van der Waals surface area (Å²) in [6, 6.07) is 15.8. The SMILES string of the molecule is CCCOC(=O)N1CCc2c([nH]c3ccc(Cl)cc23)C1c1ccccc1. The molecular formula is C21H21ClN2O2. The number of fused-ring (bicyclic) bond motifs is 3. The van der Waals surface area contributed by atoms with Crippen LogP contribution in [0.5, 0.6) is 0 Å². The zero-order valence-corrected chi connectivity index (χ0v) is 15.4. The minimum Gasteiger partial charge on any atom is -0.449 e. The van der Waals surface area contributed by atoms with Crippen LogP contribution in [0.2, 0.25) is 5.02 Å². The van der Waals surface area contributed by atoms with E-state index in [0.717, 1.165) is 40.0 Å². The molecule has 0 radical (unpaired) electrons. The van der Waals surface area contributed by atoms with Crippen molar-refractivity contribution in [3.05, 3.63) is 70.4 Å². The summed E-state index contributed by atoms with van der Waals surface area (Å²) in [5, 5.41) is 1.86. The molecule has 26 heavy (non-hydrogen) atoms. The molecule has 1 N–H and O–H groups in total.